The van der Waals surface area contributed by atoms with E-state index in [0.29, 0.717) is 31.9 Å². The first-order valence-corrected chi connectivity index (χ1v) is 4.03. The summed E-state index contributed by atoms with van der Waals surface area (Å²) in [6, 6.07) is 0. The van der Waals surface area contributed by atoms with Crippen LogP contribution in [0.1, 0.15) is 13.3 Å². The van der Waals surface area contributed by atoms with E-state index in [-0.39, 0.29) is 6.09 Å². The molecule has 0 aromatic rings. The van der Waals surface area contributed by atoms with E-state index in [4.69, 9.17) is 9.84 Å². The number of amides is 1. The Kier molecular flexibility index (Phi) is 2.96. The molecule has 12 heavy (non-hydrogen) atoms. The maximum absolute atomic E-state index is 11.1. The first kappa shape index (κ1) is 8.90. The Morgan fingerprint density at radius 2 is 2.58 bits per heavy atom. The molecule has 0 radical (unpaired) electrons. The Balaban J connectivity index is 2.40. The molecular formula is C8H13NO3. The SMILES string of the molecule is CCOC(=O)N1CC=C(O)CC1. The highest BCUT2D eigenvalue weighted by Crippen LogP contribution is 2.08. The van der Waals surface area contributed by atoms with Gasteiger partial charge in [-0.05, 0) is 13.0 Å². The van der Waals surface area contributed by atoms with E-state index in [1.807, 2.05) is 0 Å². The molecule has 0 saturated heterocycles. The normalized spacial score (nSPS) is 17.1. The number of hydrogen-bond acceptors (Lipinski definition) is 3. The van der Waals surface area contributed by atoms with Crippen molar-refractivity contribution in [1.82, 2.24) is 4.90 Å². The van der Waals surface area contributed by atoms with Crippen molar-refractivity contribution in [2.24, 2.45) is 0 Å². The van der Waals surface area contributed by atoms with Gasteiger partial charge in [-0.25, -0.2) is 4.79 Å². The van der Waals surface area contributed by atoms with Gasteiger partial charge in [0.05, 0.1) is 12.4 Å². The van der Waals surface area contributed by atoms with Crippen molar-refractivity contribution < 1.29 is 14.6 Å². The van der Waals surface area contributed by atoms with Crippen LogP contribution in [0.3, 0.4) is 0 Å². The lowest BCUT2D eigenvalue weighted by Crippen LogP contribution is -2.35. The number of aliphatic hydroxyl groups excluding tert-OH is 1. The fourth-order valence-corrected chi connectivity index (χ4v) is 1.04. The Morgan fingerprint density at radius 3 is 3.08 bits per heavy atom. The highest BCUT2D eigenvalue weighted by atomic mass is 16.6. The average Bonchev–Trinajstić information content (AvgIpc) is 2.06. The Hall–Kier alpha value is -1.19. The van der Waals surface area contributed by atoms with Gasteiger partial charge in [-0.3, -0.25) is 0 Å². The average molecular weight is 171 g/mol. The molecule has 0 saturated carbocycles. The third-order valence-corrected chi connectivity index (χ3v) is 1.71. The van der Waals surface area contributed by atoms with E-state index in [0.717, 1.165) is 0 Å². The van der Waals surface area contributed by atoms with Gasteiger partial charge in [0.1, 0.15) is 0 Å². The first-order chi connectivity index (χ1) is 5.74. The van der Waals surface area contributed by atoms with E-state index in [9.17, 15) is 4.79 Å². The molecule has 0 bridgehead atoms. The molecule has 1 aliphatic heterocycles. The molecule has 0 aromatic carbocycles. The van der Waals surface area contributed by atoms with Gasteiger partial charge in [0.15, 0.2) is 0 Å². The van der Waals surface area contributed by atoms with Crippen LogP contribution >= 0.6 is 0 Å². The zero-order valence-electron chi connectivity index (χ0n) is 7.12. The van der Waals surface area contributed by atoms with Crippen LogP contribution in [0, 0.1) is 0 Å². The van der Waals surface area contributed by atoms with E-state index in [1.165, 1.54) is 0 Å². The molecule has 68 valence electrons. The van der Waals surface area contributed by atoms with Gasteiger partial charge in [0.2, 0.25) is 0 Å². The van der Waals surface area contributed by atoms with Crippen LogP contribution in [-0.2, 0) is 4.74 Å². The molecule has 0 fully saturated rings. The van der Waals surface area contributed by atoms with Crippen molar-refractivity contribution >= 4 is 6.09 Å². The van der Waals surface area contributed by atoms with E-state index < -0.39 is 0 Å². The van der Waals surface area contributed by atoms with Crippen molar-refractivity contribution in [2.45, 2.75) is 13.3 Å². The third kappa shape index (κ3) is 2.15. The smallest absolute Gasteiger partial charge is 0.410 e. The Labute approximate surface area is 71.4 Å². The van der Waals surface area contributed by atoms with Gasteiger partial charge in [-0.15, -0.1) is 0 Å². The maximum atomic E-state index is 11.1. The number of rotatable bonds is 1. The fourth-order valence-electron chi connectivity index (χ4n) is 1.04. The van der Waals surface area contributed by atoms with Crippen LogP contribution in [0.5, 0.6) is 0 Å². The van der Waals surface area contributed by atoms with Crippen molar-refractivity contribution in [3.8, 4) is 0 Å². The highest BCUT2D eigenvalue weighted by Gasteiger charge is 2.16. The minimum absolute atomic E-state index is 0.304. The minimum atomic E-state index is -0.304. The number of hydrogen-bond donors (Lipinski definition) is 1. The van der Waals surface area contributed by atoms with Crippen LogP contribution < -0.4 is 0 Å². The number of carbonyl (C=O) groups excluding carboxylic acids is 1. The van der Waals surface area contributed by atoms with Gasteiger partial charge in [0.25, 0.3) is 0 Å². The predicted molar refractivity (Wildman–Crippen MR) is 43.9 cm³/mol. The summed E-state index contributed by atoms with van der Waals surface area (Å²) in [5.74, 6) is 0.357. The summed E-state index contributed by atoms with van der Waals surface area (Å²) in [5, 5.41) is 9.02. The summed E-state index contributed by atoms with van der Waals surface area (Å²) < 4.78 is 4.79. The van der Waals surface area contributed by atoms with Gasteiger partial charge in [-0.1, -0.05) is 0 Å². The van der Waals surface area contributed by atoms with Crippen LogP contribution in [0.25, 0.3) is 0 Å². The topological polar surface area (TPSA) is 49.8 Å². The number of aliphatic hydroxyl groups is 1. The molecule has 1 heterocycles. The largest absolute Gasteiger partial charge is 0.513 e. The molecule has 1 rings (SSSR count). The van der Waals surface area contributed by atoms with E-state index in [2.05, 4.69) is 0 Å². The van der Waals surface area contributed by atoms with Crippen molar-refractivity contribution in [2.75, 3.05) is 19.7 Å². The number of ether oxygens (including phenoxy) is 1. The number of carbonyl (C=O) groups is 1. The van der Waals surface area contributed by atoms with Crippen LogP contribution in [0.15, 0.2) is 11.8 Å². The monoisotopic (exact) mass is 171 g/mol. The van der Waals surface area contributed by atoms with E-state index in [1.54, 1.807) is 17.9 Å². The number of nitrogens with zero attached hydrogens (tertiary/aromatic N) is 1. The second-order valence-electron chi connectivity index (χ2n) is 2.59. The second-order valence-corrected chi connectivity index (χ2v) is 2.59. The van der Waals surface area contributed by atoms with E-state index >= 15 is 0 Å². The van der Waals surface area contributed by atoms with Crippen LogP contribution in [0.4, 0.5) is 4.79 Å². The minimum Gasteiger partial charge on any atom is -0.513 e. The summed E-state index contributed by atoms with van der Waals surface area (Å²) in [5.41, 5.74) is 0. The maximum Gasteiger partial charge on any atom is 0.410 e. The van der Waals surface area contributed by atoms with Crippen molar-refractivity contribution in [1.29, 1.82) is 0 Å². The molecule has 1 N–H and O–H groups in total. The summed E-state index contributed by atoms with van der Waals surface area (Å²) in [4.78, 5) is 12.7. The lowest BCUT2D eigenvalue weighted by atomic mass is 10.2. The lowest BCUT2D eigenvalue weighted by Gasteiger charge is -2.23. The molecule has 1 aliphatic rings. The first-order valence-electron chi connectivity index (χ1n) is 4.03. The van der Waals surface area contributed by atoms with Crippen LogP contribution in [-0.4, -0.2) is 35.8 Å². The Morgan fingerprint density at radius 1 is 1.83 bits per heavy atom. The third-order valence-electron chi connectivity index (χ3n) is 1.71. The molecule has 0 spiro atoms. The highest BCUT2D eigenvalue weighted by molar-refractivity contribution is 5.68. The predicted octanol–water partition coefficient (Wildman–Crippen LogP) is 1.29. The van der Waals surface area contributed by atoms with Crippen LogP contribution in [0.2, 0.25) is 0 Å². The van der Waals surface area contributed by atoms with Crippen molar-refractivity contribution in [3.05, 3.63) is 11.8 Å². The standard InChI is InChI=1S/C8H13NO3/c1-2-12-8(11)9-5-3-7(10)4-6-9/h3,10H,2,4-6H2,1H3. The van der Waals surface area contributed by atoms with Gasteiger partial charge in [0, 0.05) is 19.5 Å². The molecule has 0 aliphatic carbocycles. The van der Waals surface area contributed by atoms with Gasteiger partial charge < -0.3 is 14.7 Å². The molecule has 4 heteroatoms. The summed E-state index contributed by atoms with van der Waals surface area (Å²) in [6.45, 7) is 3.16. The van der Waals surface area contributed by atoms with Gasteiger partial charge in [-0.2, -0.15) is 0 Å². The van der Waals surface area contributed by atoms with Crippen molar-refractivity contribution in [3.63, 3.8) is 0 Å². The lowest BCUT2D eigenvalue weighted by molar-refractivity contribution is 0.108. The zero-order valence-corrected chi connectivity index (χ0v) is 7.12. The molecule has 0 unspecified atom stereocenters. The fraction of sp³-hybridized carbons (Fsp3) is 0.625. The summed E-state index contributed by atoms with van der Waals surface area (Å²) in [7, 11) is 0. The van der Waals surface area contributed by atoms with Gasteiger partial charge >= 0.3 is 6.09 Å². The zero-order chi connectivity index (χ0) is 8.97. The Bertz CT molecular complexity index is 200. The molecule has 0 aromatic heterocycles. The summed E-state index contributed by atoms with van der Waals surface area (Å²) in [6.07, 6.45) is 1.85. The molecule has 4 nitrogen and oxygen atoms in total. The summed E-state index contributed by atoms with van der Waals surface area (Å²) >= 11 is 0. The second kappa shape index (κ2) is 3.99. The quantitative estimate of drug-likeness (QED) is 0.646. The molecular weight excluding hydrogens is 158 g/mol. The molecule has 1 amide bonds. The molecule has 0 atom stereocenters.